The second-order valence-corrected chi connectivity index (χ2v) is 13.9. The largest absolute Gasteiger partial charge is 0.387 e. The van der Waals surface area contributed by atoms with Gasteiger partial charge in [0.15, 0.2) is 35.1 Å². The summed E-state index contributed by atoms with van der Waals surface area (Å²) in [4.78, 5) is 42.0. The first-order chi connectivity index (χ1) is 25.2. The molecule has 2 fully saturated rings. The van der Waals surface area contributed by atoms with Gasteiger partial charge in [0.05, 0.1) is 12.9 Å². The number of ether oxygens (including phenoxy) is 1. The second-order valence-electron chi connectivity index (χ2n) is 13.9. The van der Waals surface area contributed by atoms with Crippen LogP contribution in [0, 0.1) is 11.8 Å². The van der Waals surface area contributed by atoms with Gasteiger partial charge in [-0.2, -0.15) is 0 Å². The summed E-state index contributed by atoms with van der Waals surface area (Å²) in [5.74, 6) is 1.64. The number of piperidine rings is 1. The molecule has 3 amide bonds. The zero-order chi connectivity index (χ0) is 36.6. The third-order valence-electron chi connectivity index (χ3n) is 10.2. The molecule has 2 aromatic carbocycles. The maximum Gasteiger partial charge on any atom is 0.315 e. The highest BCUT2D eigenvalue weighted by atomic mass is 16.6. The maximum atomic E-state index is 12.9. The first kappa shape index (κ1) is 37.1. The lowest BCUT2D eigenvalue weighted by Gasteiger charge is -2.33. The van der Waals surface area contributed by atoms with Gasteiger partial charge < -0.3 is 41.1 Å². The van der Waals surface area contributed by atoms with Crippen LogP contribution in [-0.2, 0) is 16.1 Å². The van der Waals surface area contributed by atoms with Crippen LogP contribution >= 0.6 is 0 Å². The summed E-state index contributed by atoms with van der Waals surface area (Å²) in [5.41, 5.74) is 2.95. The Balaban J connectivity index is 1.21. The van der Waals surface area contributed by atoms with Crippen LogP contribution in [-0.4, -0.2) is 104 Å². The third-order valence-corrected chi connectivity index (χ3v) is 10.2. The Morgan fingerprint density at radius 1 is 0.923 bits per heavy atom. The molecule has 0 spiro atoms. The minimum atomic E-state index is -1.46. The van der Waals surface area contributed by atoms with E-state index >= 15 is 0 Å². The van der Waals surface area contributed by atoms with Crippen molar-refractivity contribution in [3.05, 3.63) is 83.9 Å². The normalized spacial score (nSPS) is 21.1. The van der Waals surface area contributed by atoms with Crippen molar-refractivity contribution in [2.75, 3.05) is 44.6 Å². The molecule has 14 heteroatoms. The van der Waals surface area contributed by atoms with Crippen LogP contribution < -0.4 is 21.3 Å². The van der Waals surface area contributed by atoms with Crippen LogP contribution in [0.1, 0.15) is 62.7 Å². The molecule has 6 N–H and O–H groups in total. The monoisotopic (exact) mass is 713 g/mol. The van der Waals surface area contributed by atoms with Gasteiger partial charge in [-0.15, -0.1) is 0 Å². The molecule has 6 rings (SSSR count). The van der Waals surface area contributed by atoms with E-state index in [1.165, 1.54) is 23.7 Å². The fourth-order valence-corrected chi connectivity index (χ4v) is 7.12. The molecule has 0 bridgehead atoms. The van der Waals surface area contributed by atoms with Gasteiger partial charge in [-0.3, -0.25) is 9.36 Å². The molecule has 52 heavy (non-hydrogen) atoms. The van der Waals surface area contributed by atoms with Gasteiger partial charge >= 0.3 is 6.03 Å². The summed E-state index contributed by atoms with van der Waals surface area (Å²) in [7, 11) is 0. The fourth-order valence-electron chi connectivity index (χ4n) is 7.12. The van der Waals surface area contributed by atoms with E-state index in [4.69, 9.17) is 14.7 Å². The number of amides is 3. The van der Waals surface area contributed by atoms with Crippen molar-refractivity contribution in [1.29, 1.82) is 0 Å². The van der Waals surface area contributed by atoms with Crippen LogP contribution in [0.5, 0.6) is 0 Å². The van der Waals surface area contributed by atoms with Gasteiger partial charge in [-0.05, 0) is 55.8 Å². The SMILES string of the molecule is CCNC(=O)[C@H]1O[C@@H](n2cnc3c(NCC(c4ccccc4)c4ccccc4)nc(CNC(=O)NCCN4CCC(C(C)C)CC4)nc32)[C@H](O)[C@@H]1O. The number of hydrogen-bond acceptors (Lipinski definition) is 10. The van der Waals surface area contributed by atoms with Crippen molar-refractivity contribution >= 4 is 28.9 Å². The lowest BCUT2D eigenvalue weighted by molar-refractivity contribution is -0.137. The van der Waals surface area contributed by atoms with Gasteiger partial charge in [0.2, 0.25) is 0 Å². The molecule has 0 radical (unpaired) electrons. The summed E-state index contributed by atoms with van der Waals surface area (Å²) in [5, 5.41) is 33.7. The molecule has 0 aliphatic carbocycles. The molecular formula is C38H51N9O5. The predicted octanol–water partition coefficient (Wildman–Crippen LogP) is 2.99. The average Bonchev–Trinajstić information content (AvgIpc) is 3.71. The van der Waals surface area contributed by atoms with Gasteiger partial charge in [0.25, 0.3) is 5.91 Å². The highest BCUT2D eigenvalue weighted by Crippen LogP contribution is 2.33. The van der Waals surface area contributed by atoms with Crippen LogP contribution in [0.2, 0.25) is 0 Å². The molecule has 2 aliphatic rings. The topological polar surface area (TPSA) is 179 Å². The van der Waals surface area contributed by atoms with Crippen molar-refractivity contribution < 1.29 is 24.5 Å². The van der Waals surface area contributed by atoms with Gasteiger partial charge in [-0.25, -0.2) is 19.7 Å². The number of likely N-dealkylation sites (N-methyl/N-ethyl adjacent to an activating group) is 1. The number of aliphatic hydroxyl groups is 2. The van der Waals surface area contributed by atoms with Crippen molar-refractivity contribution in [3.63, 3.8) is 0 Å². The Morgan fingerprint density at radius 3 is 2.23 bits per heavy atom. The summed E-state index contributed by atoms with van der Waals surface area (Å²) >= 11 is 0. The summed E-state index contributed by atoms with van der Waals surface area (Å²) in [6.07, 6.45) is -1.50. The molecule has 2 aromatic heterocycles. The molecule has 14 nitrogen and oxygen atoms in total. The summed E-state index contributed by atoms with van der Waals surface area (Å²) in [6.45, 7) is 10.5. The van der Waals surface area contributed by atoms with Crippen LogP contribution in [0.3, 0.4) is 0 Å². The van der Waals surface area contributed by atoms with E-state index in [1.807, 2.05) is 36.4 Å². The lowest BCUT2D eigenvalue weighted by atomic mass is 9.87. The van der Waals surface area contributed by atoms with E-state index in [2.05, 4.69) is 69.3 Å². The Hall–Kier alpha value is -4.63. The molecule has 4 atom stereocenters. The molecule has 0 unspecified atom stereocenters. The molecule has 0 saturated carbocycles. The van der Waals surface area contributed by atoms with E-state index in [0.29, 0.717) is 48.4 Å². The van der Waals surface area contributed by atoms with E-state index in [0.717, 1.165) is 36.7 Å². The Labute approximate surface area is 304 Å². The van der Waals surface area contributed by atoms with Crippen molar-refractivity contribution in [2.24, 2.45) is 11.8 Å². The summed E-state index contributed by atoms with van der Waals surface area (Å²) < 4.78 is 7.40. The molecule has 278 valence electrons. The molecular weight excluding hydrogens is 662 g/mol. The minimum Gasteiger partial charge on any atom is -0.387 e. The van der Waals surface area contributed by atoms with Crippen molar-refractivity contribution in [1.82, 2.24) is 40.4 Å². The third kappa shape index (κ3) is 8.69. The molecule has 4 aromatic rings. The van der Waals surface area contributed by atoms with E-state index in [9.17, 15) is 19.8 Å². The highest BCUT2D eigenvalue weighted by Gasteiger charge is 2.47. The quantitative estimate of drug-likeness (QED) is 0.114. The maximum absolute atomic E-state index is 12.9. The number of nitrogens with zero attached hydrogens (tertiary/aromatic N) is 5. The first-order valence-corrected chi connectivity index (χ1v) is 18.3. The van der Waals surface area contributed by atoms with Crippen LogP contribution in [0.4, 0.5) is 10.6 Å². The Morgan fingerprint density at radius 2 is 1.60 bits per heavy atom. The van der Waals surface area contributed by atoms with E-state index in [1.54, 1.807) is 6.92 Å². The Bertz CT molecular complexity index is 1730. The van der Waals surface area contributed by atoms with Crippen LogP contribution in [0.15, 0.2) is 67.0 Å². The van der Waals surface area contributed by atoms with E-state index < -0.39 is 30.4 Å². The zero-order valence-corrected chi connectivity index (χ0v) is 30.1. The molecule has 2 aliphatic heterocycles. The van der Waals surface area contributed by atoms with E-state index in [-0.39, 0.29) is 18.5 Å². The molecule has 4 heterocycles. The number of aliphatic hydroxyl groups excluding tert-OH is 2. The zero-order valence-electron chi connectivity index (χ0n) is 30.1. The Kier molecular flexibility index (Phi) is 12.3. The number of rotatable bonds is 14. The molecule has 2 saturated heterocycles. The predicted molar refractivity (Wildman–Crippen MR) is 197 cm³/mol. The fraction of sp³-hybridized carbons (Fsp3) is 0.500. The number of imidazole rings is 1. The number of aromatic nitrogens is 4. The van der Waals surface area contributed by atoms with Gasteiger partial charge in [0.1, 0.15) is 12.2 Å². The van der Waals surface area contributed by atoms with Crippen molar-refractivity contribution in [3.8, 4) is 0 Å². The average molecular weight is 714 g/mol. The smallest absolute Gasteiger partial charge is 0.315 e. The number of benzene rings is 2. The minimum absolute atomic E-state index is 0.0143. The number of hydrogen-bond donors (Lipinski definition) is 6. The number of fused-ring (bicyclic) bond motifs is 1. The highest BCUT2D eigenvalue weighted by molar-refractivity contribution is 5.84. The van der Waals surface area contributed by atoms with Gasteiger partial charge in [0, 0.05) is 32.1 Å². The number of carbonyl (C=O) groups excluding carboxylic acids is 2. The second kappa shape index (κ2) is 17.3. The van der Waals surface area contributed by atoms with Gasteiger partial charge in [-0.1, -0.05) is 74.5 Å². The number of likely N-dealkylation sites (tertiary alicyclic amines) is 1. The lowest BCUT2D eigenvalue weighted by Crippen LogP contribution is -2.43. The standard InChI is InChI=1S/C38H51N9O5/c1-4-39-36(50)33-31(48)32(49)37(52-33)47-23-43-30-34(41-21-28(26-11-7-5-8-12-26)27-13-9-6-10-14-27)44-29(45-35(30)47)22-42-38(51)40-17-20-46-18-15-25(16-19-46)24(2)3/h5-14,23-25,28,31-33,37,48-49H,4,15-22H2,1-3H3,(H,39,50)(H2,40,42,51)(H,41,44,45)/t31-,32+,33-,37+/m0/s1. The number of nitrogens with one attached hydrogen (secondary N) is 4. The van der Waals surface area contributed by atoms with Crippen LogP contribution in [0.25, 0.3) is 11.2 Å². The number of carbonyl (C=O) groups is 2. The number of anilines is 1. The first-order valence-electron chi connectivity index (χ1n) is 18.3. The number of urea groups is 1. The van der Waals surface area contributed by atoms with Crippen molar-refractivity contribution in [2.45, 2.75) is 70.6 Å². The summed E-state index contributed by atoms with van der Waals surface area (Å²) in [6, 6.07) is 20.0.